The monoisotopic (exact) mass is 247 g/mol. The van der Waals surface area contributed by atoms with Crippen LogP contribution >= 0.6 is 11.6 Å². The fourth-order valence-electron chi connectivity index (χ4n) is 1.10. The maximum Gasteiger partial charge on any atom is 0.419 e. The van der Waals surface area contributed by atoms with Crippen molar-refractivity contribution in [3.05, 3.63) is 41.3 Å². The van der Waals surface area contributed by atoms with Crippen LogP contribution in [0.2, 0.25) is 5.02 Å². The first kappa shape index (κ1) is 10.9. The molecule has 0 aliphatic heterocycles. The Balaban J connectivity index is 2.35. The predicted octanol–water partition coefficient (Wildman–Crippen LogP) is 2.94. The van der Waals surface area contributed by atoms with Crippen LogP contribution in [0.15, 0.2) is 30.7 Å². The van der Waals surface area contributed by atoms with Gasteiger partial charge in [0.2, 0.25) is 0 Å². The van der Waals surface area contributed by atoms with Crippen molar-refractivity contribution >= 4 is 11.6 Å². The standard InChI is InChI=1S/C9H5ClF3N3/c10-7-1-2-8(14-4-7)16-5-6(3-15-16)9(11,12)13/h1-5H. The highest BCUT2D eigenvalue weighted by molar-refractivity contribution is 6.30. The fourth-order valence-corrected chi connectivity index (χ4v) is 1.21. The Labute approximate surface area is 93.5 Å². The van der Waals surface area contributed by atoms with Gasteiger partial charge in [-0.3, -0.25) is 0 Å². The average molecular weight is 248 g/mol. The van der Waals surface area contributed by atoms with Crippen molar-refractivity contribution in [3.63, 3.8) is 0 Å². The first-order valence-corrected chi connectivity index (χ1v) is 4.58. The molecule has 0 spiro atoms. The van der Waals surface area contributed by atoms with Crippen molar-refractivity contribution in [1.29, 1.82) is 0 Å². The van der Waals surface area contributed by atoms with E-state index in [4.69, 9.17) is 11.6 Å². The molecule has 0 aliphatic rings. The summed E-state index contributed by atoms with van der Waals surface area (Å²) in [6.07, 6.45) is -1.44. The highest BCUT2D eigenvalue weighted by atomic mass is 35.5. The van der Waals surface area contributed by atoms with Gasteiger partial charge in [0.05, 0.1) is 16.8 Å². The first-order valence-electron chi connectivity index (χ1n) is 4.20. The summed E-state index contributed by atoms with van der Waals surface area (Å²) in [6, 6.07) is 3.01. The minimum absolute atomic E-state index is 0.278. The topological polar surface area (TPSA) is 30.7 Å². The van der Waals surface area contributed by atoms with Crippen LogP contribution in [0, 0.1) is 0 Å². The zero-order valence-electron chi connectivity index (χ0n) is 7.74. The number of hydrogen-bond donors (Lipinski definition) is 0. The van der Waals surface area contributed by atoms with E-state index in [0.29, 0.717) is 5.02 Å². The van der Waals surface area contributed by atoms with Gasteiger partial charge in [0.1, 0.15) is 0 Å². The molecule has 2 aromatic rings. The van der Waals surface area contributed by atoms with Crippen molar-refractivity contribution in [2.75, 3.05) is 0 Å². The lowest BCUT2D eigenvalue weighted by atomic mass is 10.3. The minimum atomic E-state index is -4.40. The molecule has 0 aliphatic carbocycles. The van der Waals surface area contributed by atoms with E-state index in [1.807, 2.05) is 0 Å². The van der Waals surface area contributed by atoms with Crippen LogP contribution in [0.4, 0.5) is 13.2 Å². The molecule has 2 rings (SSSR count). The third-order valence-corrected chi connectivity index (χ3v) is 2.08. The summed E-state index contributed by atoms with van der Waals surface area (Å²) in [5.74, 6) is 0.278. The van der Waals surface area contributed by atoms with Gasteiger partial charge in [0, 0.05) is 12.4 Å². The largest absolute Gasteiger partial charge is 0.419 e. The van der Waals surface area contributed by atoms with Gasteiger partial charge in [-0.05, 0) is 12.1 Å². The number of pyridine rings is 1. The Morgan fingerprint density at radius 2 is 1.94 bits per heavy atom. The van der Waals surface area contributed by atoms with E-state index in [-0.39, 0.29) is 5.82 Å². The maximum absolute atomic E-state index is 12.3. The number of aromatic nitrogens is 3. The minimum Gasteiger partial charge on any atom is -0.236 e. The van der Waals surface area contributed by atoms with Gasteiger partial charge in [-0.15, -0.1) is 0 Å². The third kappa shape index (κ3) is 2.16. The van der Waals surface area contributed by atoms with Crippen molar-refractivity contribution in [2.45, 2.75) is 6.18 Å². The summed E-state index contributed by atoms with van der Waals surface area (Å²) < 4.78 is 37.9. The molecule has 0 radical (unpaired) electrons. The number of hydrogen-bond acceptors (Lipinski definition) is 2. The van der Waals surface area contributed by atoms with E-state index in [9.17, 15) is 13.2 Å². The summed E-state index contributed by atoms with van der Waals surface area (Å²) in [7, 11) is 0. The van der Waals surface area contributed by atoms with E-state index >= 15 is 0 Å². The van der Waals surface area contributed by atoms with Crippen LogP contribution in [0.3, 0.4) is 0 Å². The average Bonchev–Trinajstić information content (AvgIpc) is 2.67. The van der Waals surface area contributed by atoms with Gasteiger partial charge in [0.15, 0.2) is 5.82 Å². The molecule has 0 amide bonds. The molecule has 84 valence electrons. The Morgan fingerprint density at radius 3 is 2.44 bits per heavy atom. The zero-order chi connectivity index (χ0) is 11.8. The molecule has 0 atom stereocenters. The summed E-state index contributed by atoms with van der Waals surface area (Å²) in [5.41, 5.74) is -0.816. The van der Waals surface area contributed by atoms with Gasteiger partial charge in [-0.2, -0.15) is 18.3 Å². The molecule has 0 bridgehead atoms. The highest BCUT2D eigenvalue weighted by Crippen LogP contribution is 2.28. The van der Waals surface area contributed by atoms with Crippen molar-refractivity contribution in [2.24, 2.45) is 0 Å². The molecule has 0 aromatic carbocycles. The van der Waals surface area contributed by atoms with E-state index < -0.39 is 11.7 Å². The Kier molecular flexibility index (Phi) is 2.59. The second-order valence-electron chi connectivity index (χ2n) is 3.01. The van der Waals surface area contributed by atoms with Gasteiger partial charge >= 0.3 is 6.18 Å². The molecular weight excluding hydrogens is 243 g/mol. The molecule has 2 aromatic heterocycles. The van der Waals surface area contributed by atoms with Gasteiger partial charge in [-0.1, -0.05) is 11.6 Å². The molecule has 0 saturated heterocycles. The highest BCUT2D eigenvalue weighted by Gasteiger charge is 2.32. The smallest absolute Gasteiger partial charge is 0.236 e. The Bertz CT molecular complexity index is 489. The van der Waals surface area contributed by atoms with E-state index in [0.717, 1.165) is 17.1 Å². The first-order chi connectivity index (χ1) is 7.47. The molecule has 0 fully saturated rings. The van der Waals surface area contributed by atoms with Crippen LogP contribution in [-0.4, -0.2) is 14.8 Å². The lowest BCUT2D eigenvalue weighted by Crippen LogP contribution is -2.03. The molecule has 2 heterocycles. The third-order valence-electron chi connectivity index (χ3n) is 1.86. The second kappa shape index (κ2) is 3.79. The summed E-state index contributed by atoms with van der Waals surface area (Å²) in [4.78, 5) is 3.85. The normalized spacial score (nSPS) is 11.8. The number of halogens is 4. The van der Waals surface area contributed by atoms with E-state index in [1.165, 1.54) is 18.3 Å². The molecule has 16 heavy (non-hydrogen) atoms. The van der Waals surface area contributed by atoms with Crippen LogP contribution < -0.4 is 0 Å². The van der Waals surface area contributed by atoms with Crippen molar-refractivity contribution < 1.29 is 13.2 Å². The fraction of sp³-hybridized carbons (Fsp3) is 0.111. The zero-order valence-corrected chi connectivity index (χ0v) is 8.50. The second-order valence-corrected chi connectivity index (χ2v) is 3.44. The Hall–Kier alpha value is -1.56. The molecular formula is C9H5ClF3N3. The summed E-state index contributed by atoms with van der Waals surface area (Å²) in [6.45, 7) is 0. The molecule has 0 N–H and O–H groups in total. The van der Waals surface area contributed by atoms with Gasteiger partial charge in [-0.25, -0.2) is 9.67 Å². The molecule has 0 unspecified atom stereocenters. The van der Waals surface area contributed by atoms with Crippen LogP contribution in [0.25, 0.3) is 5.82 Å². The van der Waals surface area contributed by atoms with Gasteiger partial charge < -0.3 is 0 Å². The molecule has 3 nitrogen and oxygen atoms in total. The summed E-state index contributed by atoms with van der Waals surface area (Å²) >= 11 is 5.60. The number of nitrogens with zero attached hydrogens (tertiary/aromatic N) is 3. The van der Waals surface area contributed by atoms with Gasteiger partial charge in [0.25, 0.3) is 0 Å². The summed E-state index contributed by atoms with van der Waals surface area (Å²) in [5, 5.41) is 3.98. The number of rotatable bonds is 1. The Morgan fingerprint density at radius 1 is 1.19 bits per heavy atom. The predicted molar refractivity (Wildman–Crippen MR) is 51.4 cm³/mol. The number of alkyl halides is 3. The van der Waals surface area contributed by atoms with E-state index in [2.05, 4.69) is 10.1 Å². The van der Waals surface area contributed by atoms with Crippen molar-refractivity contribution in [1.82, 2.24) is 14.8 Å². The molecule has 7 heteroatoms. The SMILES string of the molecule is FC(F)(F)c1cnn(-c2ccc(Cl)cn2)c1. The quantitative estimate of drug-likeness (QED) is 0.776. The van der Waals surface area contributed by atoms with E-state index in [1.54, 1.807) is 0 Å². The maximum atomic E-state index is 12.3. The van der Waals surface area contributed by atoms with Crippen LogP contribution in [-0.2, 0) is 6.18 Å². The lowest BCUT2D eigenvalue weighted by Gasteiger charge is -2.01. The van der Waals surface area contributed by atoms with Crippen LogP contribution in [0.5, 0.6) is 0 Å². The lowest BCUT2D eigenvalue weighted by molar-refractivity contribution is -0.137. The van der Waals surface area contributed by atoms with Crippen molar-refractivity contribution in [3.8, 4) is 5.82 Å². The van der Waals surface area contributed by atoms with Crippen LogP contribution in [0.1, 0.15) is 5.56 Å². The molecule has 0 saturated carbocycles.